The number of phenolic OH excluding ortho intramolecular Hbond substituents is 2. The SMILES string of the molecule is O=C(Nc1cc(I)ccc1Cl)c1cc(O)cc(O)c1. The van der Waals surface area contributed by atoms with E-state index in [1.165, 1.54) is 12.1 Å². The average molecular weight is 390 g/mol. The van der Waals surface area contributed by atoms with Crippen molar-refractivity contribution in [1.82, 2.24) is 0 Å². The summed E-state index contributed by atoms with van der Waals surface area (Å²) in [5, 5.41) is 21.7. The van der Waals surface area contributed by atoms with Gasteiger partial charge in [-0.25, -0.2) is 0 Å². The van der Waals surface area contributed by atoms with E-state index < -0.39 is 5.91 Å². The minimum absolute atomic E-state index is 0.146. The molecule has 2 rings (SSSR count). The van der Waals surface area contributed by atoms with Crippen LogP contribution in [0.25, 0.3) is 0 Å². The van der Waals surface area contributed by atoms with Gasteiger partial charge < -0.3 is 15.5 Å². The number of rotatable bonds is 2. The monoisotopic (exact) mass is 389 g/mol. The van der Waals surface area contributed by atoms with Crippen LogP contribution in [0.1, 0.15) is 10.4 Å². The molecule has 0 heterocycles. The number of aromatic hydroxyl groups is 2. The number of hydrogen-bond donors (Lipinski definition) is 3. The fourth-order valence-corrected chi connectivity index (χ4v) is 2.17. The second-order valence-corrected chi connectivity index (χ2v) is 5.47. The number of amides is 1. The van der Waals surface area contributed by atoms with Crippen LogP contribution in [0.3, 0.4) is 0 Å². The zero-order valence-electron chi connectivity index (χ0n) is 9.52. The summed E-state index contributed by atoms with van der Waals surface area (Å²) in [6.45, 7) is 0. The Balaban J connectivity index is 2.28. The van der Waals surface area contributed by atoms with Crippen LogP contribution in [-0.4, -0.2) is 16.1 Å². The molecule has 0 saturated carbocycles. The molecule has 4 nitrogen and oxygen atoms in total. The predicted molar refractivity (Wildman–Crippen MR) is 81.9 cm³/mol. The van der Waals surface area contributed by atoms with Crippen molar-refractivity contribution >= 4 is 45.8 Å². The highest BCUT2D eigenvalue weighted by Crippen LogP contribution is 2.26. The molecule has 3 N–H and O–H groups in total. The molecule has 0 spiro atoms. The van der Waals surface area contributed by atoms with E-state index in [9.17, 15) is 15.0 Å². The minimum atomic E-state index is -0.463. The molecular formula is C13H9ClINO3. The Morgan fingerprint density at radius 2 is 1.74 bits per heavy atom. The third-order valence-electron chi connectivity index (χ3n) is 2.34. The van der Waals surface area contributed by atoms with E-state index in [-0.39, 0.29) is 17.1 Å². The number of phenols is 2. The molecule has 0 aliphatic heterocycles. The molecule has 0 atom stereocenters. The fraction of sp³-hybridized carbons (Fsp3) is 0. The lowest BCUT2D eigenvalue weighted by Gasteiger charge is -2.08. The molecule has 19 heavy (non-hydrogen) atoms. The quantitative estimate of drug-likeness (QED) is 0.687. The molecule has 0 radical (unpaired) electrons. The van der Waals surface area contributed by atoms with Gasteiger partial charge in [-0.3, -0.25) is 4.79 Å². The molecule has 1 amide bonds. The molecule has 0 bridgehead atoms. The molecule has 0 aromatic heterocycles. The summed E-state index contributed by atoms with van der Waals surface area (Å²) in [6.07, 6.45) is 0. The van der Waals surface area contributed by atoms with Crippen LogP contribution in [0.4, 0.5) is 5.69 Å². The molecule has 2 aromatic carbocycles. The van der Waals surface area contributed by atoms with E-state index in [0.29, 0.717) is 10.7 Å². The first kappa shape index (κ1) is 14.0. The smallest absolute Gasteiger partial charge is 0.255 e. The second kappa shape index (κ2) is 5.66. The van der Waals surface area contributed by atoms with Crippen molar-refractivity contribution in [3.8, 4) is 11.5 Å². The van der Waals surface area contributed by atoms with E-state index in [4.69, 9.17) is 11.6 Å². The number of carbonyl (C=O) groups is 1. The van der Waals surface area contributed by atoms with Gasteiger partial charge in [0.05, 0.1) is 10.7 Å². The first-order valence-corrected chi connectivity index (χ1v) is 6.71. The van der Waals surface area contributed by atoms with E-state index in [1.807, 2.05) is 6.07 Å². The zero-order valence-corrected chi connectivity index (χ0v) is 12.4. The van der Waals surface area contributed by atoms with Crippen molar-refractivity contribution in [2.75, 3.05) is 5.32 Å². The number of benzene rings is 2. The van der Waals surface area contributed by atoms with Gasteiger partial charge in [0.25, 0.3) is 5.91 Å². The Morgan fingerprint density at radius 1 is 1.11 bits per heavy atom. The van der Waals surface area contributed by atoms with Gasteiger partial charge in [0, 0.05) is 15.2 Å². The molecule has 0 aliphatic carbocycles. The fourth-order valence-electron chi connectivity index (χ4n) is 1.51. The Morgan fingerprint density at radius 3 is 2.37 bits per heavy atom. The van der Waals surface area contributed by atoms with Crippen molar-refractivity contribution in [2.24, 2.45) is 0 Å². The van der Waals surface area contributed by atoms with Crippen LogP contribution >= 0.6 is 34.2 Å². The maximum absolute atomic E-state index is 12.0. The standard InChI is InChI=1S/C13H9ClINO3/c14-11-2-1-8(15)5-12(11)16-13(19)7-3-9(17)6-10(18)4-7/h1-6,17-18H,(H,16,19). The van der Waals surface area contributed by atoms with Gasteiger partial charge >= 0.3 is 0 Å². The van der Waals surface area contributed by atoms with Crippen LogP contribution in [0.5, 0.6) is 11.5 Å². The summed E-state index contributed by atoms with van der Waals surface area (Å²) < 4.78 is 0.927. The van der Waals surface area contributed by atoms with Crippen molar-refractivity contribution in [1.29, 1.82) is 0 Å². The van der Waals surface area contributed by atoms with E-state index in [2.05, 4.69) is 27.9 Å². The first-order valence-electron chi connectivity index (χ1n) is 5.25. The van der Waals surface area contributed by atoms with Gasteiger partial charge in [-0.15, -0.1) is 0 Å². The highest BCUT2D eigenvalue weighted by Gasteiger charge is 2.11. The molecule has 98 valence electrons. The van der Waals surface area contributed by atoms with Gasteiger partial charge in [-0.1, -0.05) is 11.6 Å². The van der Waals surface area contributed by atoms with Crippen molar-refractivity contribution in [2.45, 2.75) is 0 Å². The average Bonchev–Trinajstić information content (AvgIpc) is 2.32. The van der Waals surface area contributed by atoms with Crippen molar-refractivity contribution < 1.29 is 15.0 Å². The number of halogens is 2. The summed E-state index contributed by atoms with van der Waals surface area (Å²) in [7, 11) is 0. The van der Waals surface area contributed by atoms with Gasteiger partial charge in [-0.2, -0.15) is 0 Å². The molecule has 0 saturated heterocycles. The van der Waals surface area contributed by atoms with Gasteiger partial charge in [-0.05, 0) is 52.9 Å². The molecule has 0 aliphatic rings. The maximum atomic E-state index is 12.0. The predicted octanol–water partition coefficient (Wildman–Crippen LogP) is 3.61. The van der Waals surface area contributed by atoms with Crippen LogP contribution in [-0.2, 0) is 0 Å². The third kappa shape index (κ3) is 3.51. The summed E-state index contributed by atoms with van der Waals surface area (Å²) in [6, 6.07) is 8.89. The number of hydrogen-bond acceptors (Lipinski definition) is 3. The summed E-state index contributed by atoms with van der Waals surface area (Å²) in [5.74, 6) is -0.826. The molecule has 0 unspecified atom stereocenters. The number of carbonyl (C=O) groups excluding carboxylic acids is 1. The van der Waals surface area contributed by atoms with Crippen molar-refractivity contribution in [3.63, 3.8) is 0 Å². The van der Waals surface area contributed by atoms with E-state index in [0.717, 1.165) is 9.64 Å². The normalized spacial score (nSPS) is 10.2. The Bertz CT molecular complexity index is 626. The Kier molecular flexibility index (Phi) is 4.16. The third-order valence-corrected chi connectivity index (χ3v) is 3.34. The van der Waals surface area contributed by atoms with Gasteiger partial charge in [0.1, 0.15) is 11.5 Å². The van der Waals surface area contributed by atoms with E-state index >= 15 is 0 Å². The highest BCUT2D eigenvalue weighted by molar-refractivity contribution is 14.1. The van der Waals surface area contributed by atoms with Crippen LogP contribution in [0.15, 0.2) is 36.4 Å². The number of anilines is 1. The van der Waals surface area contributed by atoms with Crippen LogP contribution in [0, 0.1) is 3.57 Å². The minimum Gasteiger partial charge on any atom is -0.508 e. The second-order valence-electron chi connectivity index (χ2n) is 3.82. The lowest BCUT2D eigenvalue weighted by atomic mass is 10.2. The molecule has 6 heteroatoms. The topological polar surface area (TPSA) is 69.6 Å². The lowest BCUT2D eigenvalue weighted by Crippen LogP contribution is -2.12. The Hall–Kier alpha value is -1.47. The summed E-state index contributed by atoms with van der Waals surface area (Å²) in [4.78, 5) is 12.0. The van der Waals surface area contributed by atoms with Crippen LogP contribution < -0.4 is 5.32 Å². The Labute approximate surface area is 128 Å². The zero-order chi connectivity index (χ0) is 14.0. The summed E-state index contributed by atoms with van der Waals surface area (Å²) >= 11 is 8.08. The van der Waals surface area contributed by atoms with Crippen LogP contribution in [0.2, 0.25) is 5.02 Å². The molecular weight excluding hydrogens is 381 g/mol. The summed E-state index contributed by atoms with van der Waals surface area (Å²) in [5.41, 5.74) is 0.619. The van der Waals surface area contributed by atoms with Crippen molar-refractivity contribution in [3.05, 3.63) is 50.6 Å². The van der Waals surface area contributed by atoms with Gasteiger partial charge in [0.2, 0.25) is 0 Å². The van der Waals surface area contributed by atoms with Gasteiger partial charge in [0.15, 0.2) is 0 Å². The molecule has 0 fully saturated rings. The largest absolute Gasteiger partial charge is 0.508 e. The highest BCUT2D eigenvalue weighted by atomic mass is 127. The first-order chi connectivity index (χ1) is 8.95. The number of nitrogens with one attached hydrogen (secondary N) is 1. The lowest BCUT2D eigenvalue weighted by molar-refractivity contribution is 0.102. The molecule has 2 aromatic rings. The maximum Gasteiger partial charge on any atom is 0.255 e. The van der Waals surface area contributed by atoms with E-state index in [1.54, 1.807) is 12.1 Å².